The molecule has 82 valence electrons. The van der Waals surface area contributed by atoms with E-state index in [0.717, 1.165) is 25.7 Å². The third-order valence-corrected chi connectivity index (χ3v) is 3.63. The molecule has 0 aliphatic heterocycles. The van der Waals surface area contributed by atoms with Crippen LogP contribution < -0.4 is 0 Å². The van der Waals surface area contributed by atoms with Crippen LogP contribution in [-0.2, 0) is 0 Å². The highest BCUT2D eigenvalue weighted by Gasteiger charge is 2.23. The Bertz CT molecular complexity index is 343. The first kappa shape index (κ1) is 10.9. The standard InChI is InChI=1S/C12H14F2S/c13-11-3-1-2-10(12(11)14)8-4-6-9(15)7-5-8/h1-3,8-9,15H,4-7H2. The average Bonchev–Trinajstić information content (AvgIpc) is 2.24. The Balaban J connectivity index is 2.19. The fourth-order valence-electron chi connectivity index (χ4n) is 2.22. The van der Waals surface area contributed by atoms with Gasteiger partial charge in [-0.3, -0.25) is 0 Å². The van der Waals surface area contributed by atoms with Crippen molar-refractivity contribution in [2.75, 3.05) is 0 Å². The lowest BCUT2D eigenvalue weighted by atomic mass is 9.83. The first-order valence-corrected chi connectivity index (χ1v) is 5.82. The molecule has 0 amide bonds. The number of hydrogen-bond donors (Lipinski definition) is 1. The van der Waals surface area contributed by atoms with Gasteiger partial charge in [0.15, 0.2) is 11.6 Å². The number of halogens is 2. The third-order valence-electron chi connectivity index (χ3n) is 3.12. The molecule has 0 nitrogen and oxygen atoms in total. The second kappa shape index (κ2) is 4.52. The summed E-state index contributed by atoms with van der Waals surface area (Å²) in [5.74, 6) is -1.23. The molecule has 0 saturated heterocycles. The van der Waals surface area contributed by atoms with Gasteiger partial charge in [-0.25, -0.2) is 8.78 Å². The van der Waals surface area contributed by atoms with Gasteiger partial charge >= 0.3 is 0 Å². The molecular formula is C12H14F2S. The van der Waals surface area contributed by atoms with Crippen molar-refractivity contribution in [2.45, 2.75) is 36.9 Å². The average molecular weight is 228 g/mol. The molecule has 1 aromatic carbocycles. The zero-order valence-electron chi connectivity index (χ0n) is 8.42. The molecule has 0 aromatic heterocycles. The van der Waals surface area contributed by atoms with Crippen LogP contribution in [0.1, 0.15) is 37.2 Å². The van der Waals surface area contributed by atoms with Crippen molar-refractivity contribution < 1.29 is 8.78 Å². The minimum Gasteiger partial charge on any atom is -0.204 e. The molecule has 15 heavy (non-hydrogen) atoms. The quantitative estimate of drug-likeness (QED) is 0.692. The summed E-state index contributed by atoms with van der Waals surface area (Å²) in [4.78, 5) is 0. The van der Waals surface area contributed by atoms with Gasteiger partial charge in [-0.05, 0) is 43.2 Å². The molecular weight excluding hydrogens is 214 g/mol. The normalized spacial score (nSPS) is 26.6. The van der Waals surface area contributed by atoms with Crippen molar-refractivity contribution in [3.05, 3.63) is 35.4 Å². The van der Waals surface area contributed by atoms with Gasteiger partial charge in [0.25, 0.3) is 0 Å². The molecule has 0 heterocycles. The predicted molar refractivity (Wildman–Crippen MR) is 60.3 cm³/mol. The van der Waals surface area contributed by atoms with E-state index in [9.17, 15) is 8.78 Å². The minimum absolute atomic E-state index is 0.170. The van der Waals surface area contributed by atoms with Crippen LogP contribution in [0.4, 0.5) is 8.78 Å². The summed E-state index contributed by atoms with van der Waals surface area (Å²) < 4.78 is 26.5. The SMILES string of the molecule is Fc1cccc(C2CCC(S)CC2)c1F. The predicted octanol–water partition coefficient (Wildman–Crippen LogP) is 3.92. The molecule has 0 radical (unpaired) electrons. The van der Waals surface area contributed by atoms with Crippen molar-refractivity contribution >= 4 is 12.6 Å². The van der Waals surface area contributed by atoms with E-state index in [0.29, 0.717) is 10.8 Å². The Hall–Kier alpha value is -0.570. The summed E-state index contributed by atoms with van der Waals surface area (Å²) in [6.07, 6.45) is 3.80. The summed E-state index contributed by atoms with van der Waals surface area (Å²) in [6, 6.07) is 4.45. The zero-order valence-corrected chi connectivity index (χ0v) is 9.31. The van der Waals surface area contributed by atoms with Crippen LogP contribution in [-0.4, -0.2) is 5.25 Å². The van der Waals surface area contributed by atoms with E-state index in [1.807, 2.05) is 0 Å². The van der Waals surface area contributed by atoms with Gasteiger partial charge in [0.05, 0.1) is 0 Å². The van der Waals surface area contributed by atoms with Gasteiger partial charge in [0, 0.05) is 5.25 Å². The van der Waals surface area contributed by atoms with E-state index in [4.69, 9.17) is 0 Å². The van der Waals surface area contributed by atoms with Gasteiger partial charge in [-0.15, -0.1) is 0 Å². The van der Waals surface area contributed by atoms with Crippen molar-refractivity contribution in [2.24, 2.45) is 0 Å². The maximum Gasteiger partial charge on any atom is 0.162 e. The summed E-state index contributed by atoms with van der Waals surface area (Å²) >= 11 is 4.39. The highest BCUT2D eigenvalue weighted by atomic mass is 32.1. The zero-order chi connectivity index (χ0) is 10.8. The third kappa shape index (κ3) is 2.33. The lowest BCUT2D eigenvalue weighted by molar-refractivity contribution is 0.424. The summed E-state index contributed by atoms with van der Waals surface area (Å²) in [6.45, 7) is 0. The molecule has 0 atom stereocenters. The lowest BCUT2D eigenvalue weighted by Gasteiger charge is -2.26. The smallest absolute Gasteiger partial charge is 0.162 e. The van der Waals surface area contributed by atoms with Crippen molar-refractivity contribution in [3.63, 3.8) is 0 Å². The van der Waals surface area contributed by atoms with E-state index in [2.05, 4.69) is 12.6 Å². The second-order valence-corrected chi connectivity index (χ2v) is 4.88. The van der Waals surface area contributed by atoms with Crippen LogP contribution in [0, 0.1) is 11.6 Å². The highest BCUT2D eigenvalue weighted by Crippen LogP contribution is 2.36. The topological polar surface area (TPSA) is 0 Å². The molecule has 0 bridgehead atoms. The Morgan fingerprint density at radius 3 is 2.40 bits per heavy atom. The maximum atomic E-state index is 13.5. The van der Waals surface area contributed by atoms with Crippen molar-refractivity contribution in [1.82, 2.24) is 0 Å². The van der Waals surface area contributed by atoms with E-state index in [1.54, 1.807) is 12.1 Å². The number of hydrogen-bond acceptors (Lipinski definition) is 1. The van der Waals surface area contributed by atoms with Gasteiger partial charge in [0.2, 0.25) is 0 Å². The Labute approximate surface area is 94.1 Å². The number of benzene rings is 1. The van der Waals surface area contributed by atoms with Crippen LogP contribution in [0.25, 0.3) is 0 Å². The van der Waals surface area contributed by atoms with E-state index in [-0.39, 0.29) is 5.92 Å². The number of thiol groups is 1. The molecule has 0 spiro atoms. The van der Waals surface area contributed by atoms with Gasteiger partial charge in [-0.1, -0.05) is 12.1 Å². The van der Waals surface area contributed by atoms with Crippen molar-refractivity contribution in [3.8, 4) is 0 Å². The first-order chi connectivity index (χ1) is 7.18. The molecule has 2 rings (SSSR count). The molecule has 1 aliphatic carbocycles. The van der Waals surface area contributed by atoms with Crippen LogP contribution in [0.2, 0.25) is 0 Å². The fraction of sp³-hybridized carbons (Fsp3) is 0.500. The Kier molecular flexibility index (Phi) is 3.29. The van der Waals surface area contributed by atoms with E-state index in [1.165, 1.54) is 6.07 Å². The van der Waals surface area contributed by atoms with E-state index < -0.39 is 11.6 Å². The van der Waals surface area contributed by atoms with Gasteiger partial charge in [-0.2, -0.15) is 12.6 Å². The van der Waals surface area contributed by atoms with E-state index >= 15 is 0 Å². The van der Waals surface area contributed by atoms with Gasteiger partial charge < -0.3 is 0 Å². The van der Waals surface area contributed by atoms with Crippen molar-refractivity contribution in [1.29, 1.82) is 0 Å². The van der Waals surface area contributed by atoms with Crippen LogP contribution in [0.5, 0.6) is 0 Å². The number of rotatable bonds is 1. The Morgan fingerprint density at radius 2 is 1.73 bits per heavy atom. The van der Waals surface area contributed by atoms with Crippen LogP contribution >= 0.6 is 12.6 Å². The first-order valence-electron chi connectivity index (χ1n) is 5.30. The molecule has 1 aromatic rings. The minimum atomic E-state index is -0.736. The van der Waals surface area contributed by atoms with Gasteiger partial charge in [0.1, 0.15) is 0 Å². The lowest BCUT2D eigenvalue weighted by Crippen LogP contribution is -2.14. The molecule has 1 saturated carbocycles. The second-order valence-electron chi connectivity index (χ2n) is 4.15. The molecule has 1 fully saturated rings. The Morgan fingerprint density at radius 1 is 1.07 bits per heavy atom. The maximum absolute atomic E-state index is 13.5. The molecule has 1 aliphatic rings. The van der Waals surface area contributed by atoms with Crippen LogP contribution in [0.15, 0.2) is 18.2 Å². The highest BCUT2D eigenvalue weighted by molar-refractivity contribution is 7.80. The largest absolute Gasteiger partial charge is 0.204 e. The molecule has 3 heteroatoms. The molecule has 0 N–H and O–H groups in total. The monoisotopic (exact) mass is 228 g/mol. The van der Waals surface area contributed by atoms with Crippen LogP contribution in [0.3, 0.4) is 0 Å². The fourth-order valence-corrected chi connectivity index (χ4v) is 2.52. The molecule has 0 unspecified atom stereocenters. The summed E-state index contributed by atoms with van der Waals surface area (Å²) in [7, 11) is 0. The summed E-state index contributed by atoms with van der Waals surface area (Å²) in [5, 5.41) is 0.429. The summed E-state index contributed by atoms with van der Waals surface area (Å²) in [5.41, 5.74) is 0.537.